The van der Waals surface area contributed by atoms with Crippen LogP contribution in [0, 0.1) is 11.8 Å². The maximum absolute atomic E-state index is 12.3. The number of rotatable bonds is 6. The van der Waals surface area contributed by atoms with E-state index in [1.54, 1.807) is 13.8 Å². The minimum atomic E-state index is -3.70. The molecule has 1 heterocycles. The molecule has 0 atom stereocenters. The maximum atomic E-state index is 12.3. The summed E-state index contributed by atoms with van der Waals surface area (Å²) in [6.07, 6.45) is 3.07. The number of aliphatic hydroxyl groups is 1. The van der Waals surface area contributed by atoms with Crippen LogP contribution in [0.4, 0.5) is 0 Å². The van der Waals surface area contributed by atoms with Gasteiger partial charge in [0.25, 0.3) is 0 Å². The topological polar surface area (TPSA) is 88.5 Å². The Kier molecular flexibility index (Phi) is 6.30. The van der Waals surface area contributed by atoms with Gasteiger partial charge in [0.05, 0.1) is 18.8 Å². The van der Waals surface area contributed by atoms with Crippen molar-refractivity contribution in [3.8, 4) is 11.8 Å². The molecule has 1 aromatic heterocycles. The fourth-order valence-corrected chi connectivity index (χ4v) is 3.05. The van der Waals surface area contributed by atoms with Gasteiger partial charge in [0.2, 0.25) is 10.0 Å². The standard InChI is InChI=1S/C14H20N2O4S/c1-14(2,11-20-3)16-21(18,19)13-8-12(9-15-10-13)6-4-5-7-17/h8-10,16-17H,5,7,11H2,1-3H3. The molecule has 6 nitrogen and oxygen atoms in total. The Morgan fingerprint density at radius 2 is 2.14 bits per heavy atom. The molecule has 0 saturated heterocycles. The number of nitrogens with one attached hydrogen (secondary N) is 1. The Morgan fingerprint density at radius 3 is 2.76 bits per heavy atom. The Morgan fingerprint density at radius 1 is 1.43 bits per heavy atom. The van der Waals surface area contributed by atoms with Gasteiger partial charge in [0.15, 0.2) is 0 Å². The van der Waals surface area contributed by atoms with Crippen LogP contribution in [-0.4, -0.2) is 44.4 Å². The summed E-state index contributed by atoms with van der Waals surface area (Å²) in [5.74, 6) is 5.48. The monoisotopic (exact) mass is 312 g/mol. The van der Waals surface area contributed by atoms with Gasteiger partial charge in [-0.25, -0.2) is 13.1 Å². The van der Waals surface area contributed by atoms with E-state index in [2.05, 4.69) is 21.5 Å². The van der Waals surface area contributed by atoms with Gasteiger partial charge in [0.1, 0.15) is 4.90 Å². The molecule has 1 aromatic rings. The van der Waals surface area contributed by atoms with Crippen LogP contribution in [0.2, 0.25) is 0 Å². The van der Waals surface area contributed by atoms with Gasteiger partial charge < -0.3 is 9.84 Å². The predicted molar refractivity (Wildman–Crippen MR) is 79.1 cm³/mol. The van der Waals surface area contributed by atoms with Crippen molar-refractivity contribution >= 4 is 10.0 Å². The van der Waals surface area contributed by atoms with Crippen molar-refractivity contribution in [2.75, 3.05) is 20.3 Å². The Labute approximate surface area is 125 Å². The normalized spacial score (nSPS) is 11.8. The summed E-state index contributed by atoms with van der Waals surface area (Å²) in [5, 5.41) is 8.67. The molecule has 0 aliphatic carbocycles. The average molecular weight is 312 g/mol. The molecule has 0 unspecified atom stereocenters. The molecule has 0 spiro atoms. The number of ether oxygens (including phenoxy) is 1. The van der Waals surface area contributed by atoms with Crippen LogP contribution in [0.1, 0.15) is 25.8 Å². The van der Waals surface area contributed by atoms with E-state index in [0.717, 1.165) is 0 Å². The molecule has 0 amide bonds. The van der Waals surface area contributed by atoms with Crippen LogP contribution in [0.15, 0.2) is 23.4 Å². The van der Waals surface area contributed by atoms with Crippen molar-refractivity contribution in [1.29, 1.82) is 0 Å². The third-order valence-electron chi connectivity index (χ3n) is 2.41. The van der Waals surface area contributed by atoms with E-state index in [1.165, 1.54) is 25.6 Å². The predicted octanol–water partition coefficient (Wildman–Crippen LogP) is 0.519. The lowest BCUT2D eigenvalue weighted by Gasteiger charge is -2.24. The van der Waals surface area contributed by atoms with Crippen LogP contribution in [0.25, 0.3) is 0 Å². The largest absolute Gasteiger partial charge is 0.395 e. The number of hydrogen-bond donors (Lipinski definition) is 2. The van der Waals surface area contributed by atoms with E-state index in [4.69, 9.17) is 9.84 Å². The van der Waals surface area contributed by atoms with Crippen molar-refractivity contribution in [3.63, 3.8) is 0 Å². The quantitative estimate of drug-likeness (QED) is 0.748. The number of aliphatic hydroxyl groups excluding tert-OH is 1. The summed E-state index contributed by atoms with van der Waals surface area (Å²) in [6, 6.07) is 1.45. The number of methoxy groups -OCH3 is 1. The minimum Gasteiger partial charge on any atom is -0.395 e. The van der Waals surface area contributed by atoms with Crippen LogP contribution < -0.4 is 4.72 Å². The highest BCUT2D eigenvalue weighted by Gasteiger charge is 2.26. The second-order valence-corrected chi connectivity index (χ2v) is 6.79. The van der Waals surface area contributed by atoms with E-state index in [-0.39, 0.29) is 18.1 Å². The minimum absolute atomic E-state index is 0.0365. The molecule has 0 radical (unpaired) electrons. The van der Waals surface area contributed by atoms with Gasteiger partial charge in [-0.2, -0.15) is 0 Å². The zero-order valence-electron chi connectivity index (χ0n) is 12.4. The first-order valence-electron chi connectivity index (χ1n) is 6.38. The molecule has 116 valence electrons. The molecule has 0 aliphatic rings. The number of pyridine rings is 1. The summed E-state index contributed by atoms with van der Waals surface area (Å²) >= 11 is 0. The molecule has 0 aromatic carbocycles. The van der Waals surface area contributed by atoms with E-state index < -0.39 is 15.6 Å². The zero-order chi connectivity index (χ0) is 15.9. The number of sulfonamides is 1. The highest BCUT2D eigenvalue weighted by Crippen LogP contribution is 2.13. The fourth-order valence-electron chi connectivity index (χ4n) is 1.67. The maximum Gasteiger partial charge on any atom is 0.242 e. The van der Waals surface area contributed by atoms with Crippen molar-refractivity contribution < 1.29 is 18.3 Å². The Hall–Kier alpha value is -1.46. The third-order valence-corrected chi connectivity index (χ3v) is 4.07. The van der Waals surface area contributed by atoms with E-state index in [0.29, 0.717) is 12.0 Å². The van der Waals surface area contributed by atoms with E-state index >= 15 is 0 Å². The zero-order valence-corrected chi connectivity index (χ0v) is 13.2. The number of hydrogen-bond acceptors (Lipinski definition) is 5. The molecule has 2 N–H and O–H groups in total. The highest BCUT2D eigenvalue weighted by molar-refractivity contribution is 7.89. The first-order chi connectivity index (χ1) is 9.80. The second-order valence-electron chi connectivity index (χ2n) is 5.11. The first kappa shape index (κ1) is 17.6. The van der Waals surface area contributed by atoms with Crippen LogP contribution in [0.5, 0.6) is 0 Å². The Bertz CT molecular complexity index is 630. The van der Waals surface area contributed by atoms with Gasteiger partial charge in [0, 0.05) is 31.5 Å². The molecular weight excluding hydrogens is 292 g/mol. The van der Waals surface area contributed by atoms with Crippen molar-refractivity contribution in [2.45, 2.75) is 30.7 Å². The summed E-state index contributed by atoms with van der Waals surface area (Å²) in [4.78, 5) is 3.93. The molecule has 0 aliphatic heterocycles. The third kappa shape index (κ3) is 5.81. The van der Waals surface area contributed by atoms with Crippen LogP contribution in [0.3, 0.4) is 0 Å². The molecule has 21 heavy (non-hydrogen) atoms. The van der Waals surface area contributed by atoms with Gasteiger partial charge in [-0.15, -0.1) is 0 Å². The number of nitrogens with zero attached hydrogens (tertiary/aromatic N) is 1. The Balaban J connectivity index is 2.99. The molecule has 0 bridgehead atoms. The molecule has 0 fully saturated rings. The smallest absolute Gasteiger partial charge is 0.242 e. The van der Waals surface area contributed by atoms with Gasteiger partial charge in [-0.1, -0.05) is 11.8 Å². The molecular formula is C14H20N2O4S. The lowest BCUT2D eigenvalue weighted by atomic mass is 10.1. The van der Waals surface area contributed by atoms with Gasteiger partial charge in [-0.3, -0.25) is 4.98 Å². The number of aromatic nitrogens is 1. The average Bonchev–Trinajstić information content (AvgIpc) is 2.38. The molecule has 0 saturated carbocycles. The first-order valence-corrected chi connectivity index (χ1v) is 7.87. The summed E-state index contributed by atoms with van der Waals surface area (Å²) in [6.45, 7) is 3.67. The van der Waals surface area contributed by atoms with Crippen molar-refractivity contribution in [2.24, 2.45) is 0 Å². The fraction of sp³-hybridized carbons (Fsp3) is 0.500. The molecule has 7 heteroatoms. The van der Waals surface area contributed by atoms with E-state index in [1.807, 2.05) is 0 Å². The van der Waals surface area contributed by atoms with E-state index in [9.17, 15) is 8.42 Å². The second kappa shape index (κ2) is 7.52. The van der Waals surface area contributed by atoms with Gasteiger partial charge in [-0.05, 0) is 19.9 Å². The molecule has 1 rings (SSSR count). The lowest BCUT2D eigenvalue weighted by Crippen LogP contribution is -2.46. The van der Waals surface area contributed by atoms with Crippen molar-refractivity contribution in [3.05, 3.63) is 24.0 Å². The van der Waals surface area contributed by atoms with Crippen molar-refractivity contribution in [1.82, 2.24) is 9.71 Å². The SMILES string of the molecule is COCC(C)(C)NS(=O)(=O)c1cncc(C#CCCO)c1. The van der Waals surface area contributed by atoms with Crippen LogP contribution >= 0.6 is 0 Å². The summed E-state index contributed by atoms with van der Waals surface area (Å²) in [5.41, 5.74) is -0.248. The summed E-state index contributed by atoms with van der Waals surface area (Å²) in [7, 11) is -2.19. The highest BCUT2D eigenvalue weighted by atomic mass is 32.2. The van der Waals surface area contributed by atoms with Crippen LogP contribution in [-0.2, 0) is 14.8 Å². The lowest BCUT2D eigenvalue weighted by molar-refractivity contribution is 0.141. The van der Waals surface area contributed by atoms with Gasteiger partial charge >= 0.3 is 0 Å². The summed E-state index contributed by atoms with van der Waals surface area (Å²) < 4.78 is 32.2.